The first-order valence-corrected chi connectivity index (χ1v) is 9.18. The highest BCUT2D eigenvalue weighted by Crippen LogP contribution is 2.26. The van der Waals surface area contributed by atoms with E-state index in [2.05, 4.69) is 27.8 Å². The largest absolute Gasteiger partial charge is 0.367 e. The Labute approximate surface area is 146 Å². The first-order valence-electron chi connectivity index (χ1n) is 8.23. The highest BCUT2D eigenvalue weighted by atomic mass is 32.1. The van der Waals surface area contributed by atoms with Gasteiger partial charge in [0.1, 0.15) is 6.10 Å². The third-order valence-corrected chi connectivity index (χ3v) is 4.83. The molecule has 2 amide bonds. The number of urea groups is 1. The van der Waals surface area contributed by atoms with Crippen LogP contribution in [0.25, 0.3) is 0 Å². The van der Waals surface area contributed by atoms with Gasteiger partial charge in [0, 0.05) is 25.0 Å². The molecule has 0 radical (unpaired) electrons. The van der Waals surface area contributed by atoms with Crippen LogP contribution in [0.1, 0.15) is 29.8 Å². The molecule has 0 spiro atoms. The van der Waals surface area contributed by atoms with Crippen molar-refractivity contribution in [2.45, 2.75) is 32.5 Å². The molecule has 1 aliphatic rings. The molecule has 3 heterocycles. The predicted molar refractivity (Wildman–Crippen MR) is 95.3 cm³/mol. The number of carbonyl (C=O) groups is 1. The van der Waals surface area contributed by atoms with Crippen LogP contribution in [0.15, 0.2) is 35.2 Å². The zero-order valence-corrected chi connectivity index (χ0v) is 14.9. The minimum Gasteiger partial charge on any atom is -0.367 e. The van der Waals surface area contributed by atoms with Gasteiger partial charge in [-0.15, -0.1) is 0 Å². The summed E-state index contributed by atoms with van der Waals surface area (Å²) in [6.45, 7) is 5.81. The monoisotopic (exact) mass is 345 g/mol. The number of aryl methyl sites for hydroxylation is 1. The summed E-state index contributed by atoms with van der Waals surface area (Å²) in [6, 6.07) is 6.09. The van der Waals surface area contributed by atoms with Crippen LogP contribution in [-0.4, -0.2) is 41.7 Å². The van der Waals surface area contributed by atoms with Crippen molar-refractivity contribution in [1.82, 2.24) is 15.2 Å². The van der Waals surface area contributed by atoms with Crippen molar-refractivity contribution < 1.29 is 9.53 Å². The van der Waals surface area contributed by atoms with Gasteiger partial charge in [-0.05, 0) is 54.3 Å². The van der Waals surface area contributed by atoms with Crippen molar-refractivity contribution in [1.29, 1.82) is 0 Å². The number of ether oxygens (including phenoxy) is 1. The van der Waals surface area contributed by atoms with E-state index in [0.29, 0.717) is 19.6 Å². The smallest absolute Gasteiger partial charge is 0.317 e. The van der Waals surface area contributed by atoms with Crippen LogP contribution in [0.3, 0.4) is 0 Å². The standard InChI is InChI=1S/C18H23N3O2S/c1-13-3-4-15(9-20-13)5-7-19-18(22)21-10-14(2)23-17(11-21)16-6-8-24-12-16/h3-4,6,8-9,12,14,17H,5,7,10-11H2,1-2H3,(H,19,22)/t14-,17+/m0/s1. The van der Waals surface area contributed by atoms with Gasteiger partial charge in [0.15, 0.2) is 0 Å². The molecule has 0 aromatic carbocycles. The molecular formula is C18H23N3O2S. The Hall–Kier alpha value is -1.92. The normalized spacial score (nSPS) is 20.8. The second kappa shape index (κ2) is 7.77. The van der Waals surface area contributed by atoms with Crippen LogP contribution in [0.2, 0.25) is 0 Å². The lowest BCUT2D eigenvalue weighted by molar-refractivity contribution is -0.0654. The summed E-state index contributed by atoms with van der Waals surface area (Å²) in [4.78, 5) is 18.6. The molecule has 1 N–H and O–H groups in total. The summed E-state index contributed by atoms with van der Waals surface area (Å²) >= 11 is 1.65. The average Bonchev–Trinajstić information content (AvgIpc) is 3.10. The van der Waals surface area contributed by atoms with E-state index in [0.717, 1.165) is 23.2 Å². The molecule has 1 saturated heterocycles. The van der Waals surface area contributed by atoms with E-state index < -0.39 is 0 Å². The van der Waals surface area contributed by atoms with E-state index in [1.54, 1.807) is 11.3 Å². The van der Waals surface area contributed by atoms with Crippen LogP contribution in [-0.2, 0) is 11.2 Å². The van der Waals surface area contributed by atoms with E-state index in [1.165, 1.54) is 0 Å². The fourth-order valence-corrected chi connectivity index (χ4v) is 3.53. The van der Waals surface area contributed by atoms with Crippen molar-refractivity contribution in [3.63, 3.8) is 0 Å². The molecule has 0 bridgehead atoms. The van der Waals surface area contributed by atoms with E-state index in [4.69, 9.17) is 4.74 Å². The van der Waals surface area contributed by atoms with Gasteiger partial charge in [0.25, 0.3) is 0 Å². The van der Waals surface area contributed by atoms with Crippen molar-refractivity contribution in [3.8, 4) is 0 Å². The number of thiophene rings is 1. The number of nitrogens with one attached hydrogen (secondary N) is 1. The maximum atomic E-state index is 12.4. The molecule has 3 rings (SSSR count). The Morgan fingerprint density at radius 1 is 1.42 bits per heavy atom. The van der Waals surface area contributed by atoms with Gasteiger partial charge in [0.05, 0.1) is 12.6 Å². The number of hydrogen-bond acceptors (Lipinski definition) is 4. The van der Waals surface area contributed by atoms with Crippen LogP contribution < -0.4 is 5.32 Å². The van der Waals surface area contributed by atoms with Gasteiger partial charge in [-0.2, -0.15) is 11.3 Å². The second-order valence-corrected chi connectivity index (χ2v) is 6.97. The minimum absolute atomic E-state index is 0.0227. The van der Waals surface area contributed by atoms with Crippen LogP contribution in [0.5, 0.6) is 0 Å². The number of morpholine rings is 1. The van der Waals surface area contributed by atoms with E-state index in [1.807, 2.05) is 36.4 Å². The molecular weight excluding hydrogens is 322 g/mol. The Balaban J connectivity index is 1.51. The lowest BCUT2D eigenvalue weighted by atomic mass is 10.1. The van der Waals surface area contributed by atoms with Crippen molar-refractivity contribution in [2.24, 2.45) is 0 Å². The topological polar surface area (TPSA) is 54.5 Å². The van der Waals surface area contributed by atoms with E-state index in [9.17, 15) is 4.79 Å². The first kappa shape index (κ1) is 16.9. The maximum Gasteiger partial charge on any atom is 0.317 e. The number of amides is 2. The van der Waals surface area contributed by atoms with E-state index in [-0.39, 0.29) is 18.2 Å². The number of rotatable bonds is 4. The minimum atomic E-state index is -0.0351. The molecule has 2 atom stereocenters. The average molecular weight is 345 g/mol. The molecule has 0 unspecified atom stereocenters. The zero-order valence-electron chi connectivity index (χ0n) is 14.1. The summed E-state index contributed by atoms with van der Waals surface area (Å²) in [5.74, 6) is 0. The fraction of sp³-hybridized carbons (Fsp3) is 0.444. The highest BCUT2D eigenvalue weighted by Gasteiger charge is 2.29. The molecule has 6 heteroatoms. The van der Waals surface area contributed by atoms with Gasteiger partial charge in [-0.1, -0.05) is 6.07 Å². The Morgan fingerprint density at radius 2 is 2.29 bits per heavy atom. The molecule has 1 fully saturated rings. The number of aromatic nitrogens is 1. The SMILES string of the molecule is Cc1ccc(CCNC(=O)N2C[C@H](C)O[C@@H](c3ccsc3)C2)cn1. The predicted octanol–water partition coefficient (Wildman–Crippen LogP) is 3.17. The summed E-state index contributed by atoms with van der Waals surface area (Å²) in [5, 5.41) is 7.13. The van der Waals surface area contributed by atoms with Gasteiger partial charge in [-0.3, -0.25) is 4.98 Å². The van der Waals surface area contributed by atoms with Crippen LogP contribution in [0, 0.1) is 6.92 Å². The van der Waals surface area contributed by atoms with Crippen molar-refractivity contribution in [3.05, 3.63) is 52.0 Å². The zero-order chi connectivity index (χ0) is 16.9. The summed E-state index contributed by atoms with van der Waals surface area (Å²) < 4.78 is 5.97. The van der Waals surface area contributed by atoms with Crippen molar-refractivity contribution >= 4 is 17.4 Å². The first-order chi connectivity index (χ1) is 11.6. The Kier molecular flexibility index (Phi) is 5.48. The van der Waals surface area contributed by atoms with Gasteiger partial charge in [0.2, 0.25) is 0 Å². The highest BCUT2D eigenvalue weighted by molar-refractivity contribution is 7.07. The van der Waals surface area contributed by atoms with Gasteiger partial charge in [-0.25, -0.2) is 4.79 Å². The lowest BCUT2D eigenvalue weighted by Crippen LogP contribution is -2.50. The number of nitrogens with zero attached hydrogens (tertiary/aromatic N) is 2. The molecule has 0 saturated carbocycles. The Morgan fingerprint density at radius 3 is 3.00 bits per heavy atom. The molecule has 5 nitrogen and oxygen atoms in total. The van der Waals surface area contributed by atoms with Crippen LogP contribution in [0.4, 0.5) is 4.79 Å². The van der Waals surface area contributed by atoms with E-state index >= 15 is 0 Å². The molecule has 1 aliphatic heterocycles. The van der Waals surface area contributed by atoms with Crippen LogP contribution >= 0.6 is 11.3 Å². The summed E-state index contributed by atoms with van der Waals surface area (Å²) in [6.07, 6.45) is 2.65. The number of hydrogen-bond donors (Lipinski definition) is 1. The van der Waals surface area contributed by atoms with Gasteiger partial charge < -0.3 is 15.0 Å². The third kappa shape index (κ3) is 4.33. The van der Waals surface area contributed by atoms with Gasteiger partial charge >= 0.3 is 6.03 Å². The second-order valence-electron chi connectivity index (χ2n) is 6.19. The molecule has 128 valence electrons. The molecule has 2 aromatic heterocycles. The molecule has 24 heavy (non-hydrogen) atoms. The number of pyridine rings is 1. The molecule has 2 aromatic rings. The molecule has 0 aliphatic carbocycles. The Bertz CT molecular complexity index is 657. The number of carbonyl (C=O) groups excluding carboxylic acids is 1. The third-order valence-electron chi connectivity index (χ3n) is 4.12. The summed E-state index contributed by atoms with van der Waals surface area (Å²) in [7, 11) is 0. The lowest BCUT2D eigenvalue weighted by Gasteiger charge is -2.36. The maximum absolute atomic E-state index is 12.4. The fourth-order valence-electron chi connectivity index (χ4n) is 2.83. The van der Waals surface area contributed by atoms with Crippen molar-refractivity contribution in [2.75, 3.05) is 19.6 Å². The quantitative estimate of drug-likeness (QED) is 0.926. The summed E-state index contributed by atoms with van der Waals surface area (Å²) in [5.41, 5.74) is 3.28.